The molecular weight excluding hydrogens is 361 g/mol. The molecule has 126 valence electrons. The molecule has 1 aromatic heterocycles. The number of carbonyl (C=O) groups excluding carboxylic acids is 1. The molecule has 8 heteroatoms. The molecule has 3 aromatic rings. The van der Waals surface area contributed by atoms with Crippen LogP contribution >= 0.6 is 23.2 Å². The van der Waals surface area contributed by atoms with Crippen molar-refractivity contribution in [3.8, 4) is 0 Å². The number of rotatable bonds is 5. The van der Waals surface area contributed by atoms with Gasteiger partial charge in [-0.05, 0) is 37.3 Å². The van der Waals surface area contributed by atoms with Gasteiger partial charge in [0.25, 0.3) is 0 Å². The van der Waals surface area contributed by atoms with E-state index in [0.29, 0.717) is 32.8 Å². The zero-order valence-electron chi connectivity index (χ0n) is 13.1. The first-order chi connectivity index (χ1) is 12.0. The lowest BCUT2D eigenvalue weighted by Crippen LogP contribution is -2.03. The zero-order chi connectivity index (χ0) is 17.8. The minimum atomic E-state index is -0.0197. The van der Waals surface area contributed by atoms with E-state index in [9.17, 15) is 4.79 Å². The lowest BCUT2D eigenvalue weighted by atomic mass is 10.1. The summed E-state index contributed by atoms with van der Waals surface area (Å²) in [6.45, 7) is 1.51. The van der Waals surface area contributed by atoms with Gasteiger partial charge in [-0.15, -0.1) is 5.10 Å². The average Bonchev–Trinajstić information content (AvgIpc) is 2.59. The number of nitrogens with one attached hydrogen (secondary N) is 2. The second kappa shape index (κ2) is 7.46. The standard InChI is InChI=1S/C17H13Cl2N5O/c1-10(25)11-3-2-4-13(7-11)21-17-23-16(9-20-24-17)22-15-8-12(18)5-6-14(15)19/h2-9H,1H3,(H2,21,22,23,24). The molecular formula is C17H13Cl2N5O. The van der Waals surface area contributed by atoms with Crippen LogP contribution in [0.3, 0.4) is 0 Å². The Morgan fingerprint density at radius 1 is 1.08 bits per heavy atom. The fourth-order valence-corrected chi connectivity index (χ4v) is 2.43. The van der Waals surface area contributed by atoms with Crippen LogP contribution in [0.25, 0.3) is 0 Å². The van der Waals surface area contributed by atoms with Gasteiger partial charge in [-0.1, -0.05) is 35.3 Å². The molecule has 0 aliphatic rings. The second-order valence-electron chi connectivity index (χ2n) is 5.18. The van der Waals surface area contributed by atoms with Crippen molar-refractivity contribution in [2.24, 2.45) is 0 Å². The maximum absolute atomic E-state index is 11.5. The summed E-state index contributed by atoms with van der Waals surface area (Å²) in [5.74, 6) is 0.710. The number of hydrogen-bond donors (Lipinski definition) is 2. The molecule has 0 radical (unpaired) electrons. The first-order valence-electron chi connectivity index (χ1n) is 7.31. The Morgan fingerprint density at radius 2 is 1.92 bits per heavy atom. The van der Waals surface area contributed by atoms with Crippen LogP contribution < -0.4 is 10.6 Å². The number of hydrogen-bond acceptors (Lipinski definition) is 6. The van der Waals surface area contributed by atoms with Crippen LogP contribution in [-0.4, -0.2) is 21.0 Å². The third kappa shape index (κ3) is 4.43. The molecule has 6 nitrogen and oxygen atoms in total. The summed E-state index contributed by atoms with van der Waals surface area (Å²) >= 11 is 12.1. The van der Waals surface area contributed by atoms with Crippen molar-refractivity contribution in [2.75, 3.05) is 10.6 Å². The van der Waals surface area contributed by atoms with Gasteiger partial charge < -0.3 is 10.6 Å². The molecule has 0 spiro atoms. The fourth-order valence-electron chi connectivity index (χ4n) is 2.09. The highest BCUT2D eigenvalue weighted by Crippen LogP contribution is 2.28. The maximum Gasteiger partial charge on any atom is 0.249 e. The quantitative estimate of drug-likeness (QED) is 0.621. The summed E-state index contributed by atoms with van der Waals surface area (Å²) in [7, 11) is 0. The Kier molecular flexibility index (Phi) is 5.11. The fraction of sp³-hybridized carbons (Fsp3) is 0.0588. The highest BCUT2D eigenvalue weighted by atomic mass is 35.5. The lowest BCUT2D eigenvalue weighted by molar-refractivity contribution is 0.101. The Bertz CT molecular complexity index is 932. The summed E-state index contributed by atoms with van der Waals surface area (Å²) in [4.78, 5) is 15.8. The van der Waals surface area contributed by atoms with Crippen molar-refractivity contribution in [2.45, 2.75) is 6.92 Å². The van der Waals surface area contributed by atoms with Crippen LogP contribution in [0.1, 0.15) is 17.3 Å². The largest absolute Gasteiger partial charge is 0.338 e. The van der Waals surface area contributed by atoms with Crippen LogP contribution in [0.2, 0.25) is 10.0 Å². The molecule has 3 rings (SSSR count). The van der Waals surface area contributed by atoms with Crippen LogP contribution in [0, 0.1) is 0 Å². The van der Waals surface area contributed by atoms with Crippen molar-refractivity contribution in [3.05, 3.63) is 64.3 Å². The summed E-state index contributed by atoms with van der Waals surface area (Å²) in [5.41, 5.74) is 1.89. The first-order valence-corrected chi connectivity index (χ1v) is 8.07. The predicted octanol–water partition coefficient (Wildman–Crippen LogP) is 4.87. The highest BCUT2D eigenvalue weighted by molar-refractivity contribution is 6.35. The number of benzene rings is 2. The topological polar surface area (TPSA) is 79.8 Å². The van der Waals surface area contributed by atoms with Crippen molar-refractivity contribution in [3.63, 3.8) is 0 Å². The van der Waals surface area contributed by atoms with E-state index < -0.39 is 0 Å². The van der Waals surface area contributed by atoms with Crippen molar-refractivity contribution < 1.29 is 4.79 Å². The van der Waals surface area contributed by atoms with E-state index in [-0.39, 0.29) is 11.7 Å². The van der Waals surface area contributed by atoms with Gasteiger partial charge in [0, 0.05) is 16.3 Å². The SMILES string of the molecule is CC(=O)c1cccc(Nc2nncc(Nc3cc(Cl)ccc3Cl)n2)c1. The molecule has 1 heterocycles. The number of Topliss-reactive ketones (excluding diaryl/α,β-unsaturated/α-hetero) is 1. The van der Waals surface area contributed by atoms with Gasteiger partial charge in [0.2, 0.25) is 5.95 Å². The summed E-state index contributed by atoms with van der Waals surface area (Å²) < 4.78 is 0. The van der Waals surface area contributed by atoms with E-state index in [0.717, 1.165) is 0 Å². The molecule has 0 amide bonds. The third-order valence-electron chi connectivity index (χ3n) is 3.28. The van der Waals surface area contributed by atoms with Gasteiger partial charge in [-0.25, -0.2) is 0 Å². The van der Waals surface area contributed by atoms with Crippen LogP contribution in [0.15, 0.2) is 48.7 Å². The molecule has 25 heavy (non-hydrogen) atoms. The molecule has 0 unspecified atom stereocenters. The van der Waals surface area contributed by atoms with E-state index in [1.165, 1.54) is 13.1 Å². The number of halogens is 2. The van der Waals surface area contributed by atoms with Gasteiger partial charge in [0.15, 0.2) is 11.6 Å². The third-order valence-corrected chi connectivity index (χ3v) is 3.84. The predicted molar refractivity (Wildman–Crippen MR) is 99.3 cm³/mol. The number of anilines is 4. The van der Waals surface area contributed by atoms with Crippen LogP contribution in [0.5, 0.6) is 0 Å². The van der Waals surface area contributed by atoms with E-state index in [1.54, 1.807) is 36.4 Å². The first kappa shape index (κ1) is 17.1. The Balaban J connectivity index is 1.81. The summed E-state index contributed by atoms with van der Waals surface area (Å²) in [6, 6.07) is 12.1. The van der Waals surface area contributed by atoms with Gasteiger partial charge in [-0.2, -0.15) is 10.1 Å². The molecule has 0 aliphatic carbocycles. The number of nitrogens with zero attached hydrogens (tertiary/aromatic N) is 3. The molecule has 2 N–H and O–H groups in total. The summed E-state index contributed by atoms with van der Waals surface area (Å²) in [5, 5.41) is 15.0. The van der Waals surface area contributed by atoms with E-state index >= 15 is 0 Å². The zero-order valence-corrected chi connectivity index (χ0v) is 14.6. The van der Waals surface area contributed by atoms with Crippen LogP contribution in [-0.2, 0) is 0 Å². The van der Waals surface area contributed by atoms with Crippen molar-refractivity contribution in [1.29, 1.82) is 0 Å². The van der Waals surface area contributed by atoms with Gasteiger partial charge >= 0.3 is 0 Å². The van der Waals surface area contributed by atoms with Crippen LogP contribution in [0.4, 0.5) is 23.1 Å². The Hall–Kier alpha value is -2.70. The molecule has 0 bridgehead atoms. The average molecular weight is 374 g/mol. The Labute approximate surface area is 154 Å². The minimum absolute atomic E-state index is 0.0197. The number of carbonyl (C=O) groups is 1. The van der Waals surface area contributed by atoms with Gasteiger partial charge in [0.05, 0.1) is 16.9 Å². The normalized spacial score (nSPS) is 10.4. The lowest BCUT2D eigenvalue weighted by Gasteiger charge is -2.09. The number of aromatic nitrogens is 3. The van der Waals surface area contributed by atoms with Gasteiger partial charge in [0.1, 0.15) is 0 Å². The smallest absolute Gasteiger partial charge is 0.249 e. The second-order valence-corrected chi connectivity index (χ2v) is 6.02. The highest BCUT2D eigenvalue weighted by Gasteiger charge is 2.06. The molecule has 0 saturated carbocycles. The monoisotopic (exact) mass is 373 g/mol. The molecule has 0 saturated heterocycles. The van der Waals surface area contributed by atoms with Crippen molar-refractivity contribution >= 4 is 52.1 Å². The summed E-state index contributed by atoms with van der Waals surface area (Å²) in [6.07, 6.45) is 1.47. The van der Waals surface area contributed by atoms with Gasteiger partial charge in [-0.3, -0.25) is 4.79 Å². The molecule has 0 fully saturated rings. The Morgan fingerprint density at radius 3 is 2.72 bits per heavy atom. The van der Waals surface area contributed by atoms with E-state index in [1.807, 2.05) is 6.07 Å². The van der Waals surface area contributed by atoms with E-state index in [4.69, 9.17) is 23.2 Å². The van der Waals surface area contributed by atoms with E-state index in [2.05, 4.69) is 25.8 Å². The molecule has 0 aliphatic heterocycles. The number of ketones is 1. The maximum atomic E-state index is 11.5. The molecule has 0 atom stereocenters. The van der Waals surface area contributed by atoms with Crippen molar-refractivity contribution in [1.82, 2.24) is 15.2 Å². The molecule has 2 aromatic carbocycles. The minimum Gasteiger partial charge on any atom is -0.338 e.